The summed E-state index contributed by atoms with van der Waals surface area (Å²) in [5.41, 5.74) is 3.40. The molecule has 1 aromatic carbocycles. The van der Waals surface area contributed by atoms with Crippen LogP contribution in [0.2, 0.25) is 0 Å². The average molecular weight is 277 g/mol. The van der Waals surface area contributed by atoms with E-state index in [0.29, 0.717) is 5.92 Å². The third-order valence-electron chi connectivity index (χ3n) is 4.23. The lowest BCUT2D eigenvalue weighted by atomic mass is 9.90. The minimum Gasteiger partial charge on any atom is -0.299 e. The van der Waals surface area contributed by atoms with Crippen LogP contribution in [0, 0.1) is 11.3 Å². The Balaban J connectivity index is 1.57. The van der Waals surface area contributed by atoms with Crippen LogP contribution in [0.15, 0.2) is 48.8 Å². The highest BCUT2D eigenvalue weighted by molar-refractivity contribution is 5.32. The van der Waals surface area contributed by atoms with E-state index in [4.69, 9.17) is 5.26 Å². The van der Waals surface area contributed by atoms with Gasteiger partial charge in [-0.15, -0.1) is 0 Å². The molecule has 0 bridgehead atoms. The summed E-state index contributed by atoms with van der Waals surface area (Å²) >= 11 is 0. The Labute approximate surface area is 125 Å². The first kappa shape index (κ1) is 13.8. The van der Waals surface area contributed by atoms with Crippen LogP contribution in [-0.4, -0.2) is 23.0 Å². The van der Waals surface area contributed by atoms with Crippen LogP contribution in [0.3, 0.4) is 0 Å². The molecule has 2 heterocycles. The van der Waals surface area contributed by atoms with E-state index in [9.17, 15) is 0 Å². The van der Waals surface area contributed by atoms with Gasteiger partial charge in [0.25, 0.3) is 0 Å². The Morgan fingerprint density at radius 3 is 2.62 bits per heavy atom. The van der Waals surface area contributed by atoms with E-state index in [1.807, 2.05) is 30.6 Å². The van der Waals surface area contributed by atoms with Gasteiger partial charge in [-0.3, -0.25) is 9.88 Å². The number of rotatable bonds is 3. The Hall–Kier alpha value is -2.18. The van der Waals surface area contributed by atoms with Crippen molar-refractivity contribution in [1.82, 2.24) is 9.88 Å². The highest BCUT2D eigenvalue weighted by atomic mass is 15.1. The third kappa shape index (κ3) is 3.48. The van der Waals surface area contributed by atoms with E-state index in [1.54, 1.807) is 0 Å². The molecule has 1 aliphatic heterocycles. The van der Waals surface area contributed by atoms with Crippen molar-refractivity contribution < 1.29 is 0 Å². The third-order valence-corrected chi connectivity index (χ3v) is 4.23. The van der Waals surface area contributed by atoms with Crippen LogP contribution in [0.25, 0.3) is 0 Å². The summed E-state index contributed by atoms with van der Waals surface area (Å²) in [7, 11) is 0. The molecule has 3 heteroatoms. The van der Waals surface area contributed by atoms with Crippen molar-refractivity contribution in [3.63, 3.8) is 0 Å². The molecule has 106 valence electrons. The smallest absolute Gasteiger partial charge is 0.0991 e. The summed E-state index contributed by atoms with van der Waals surface area (Å²) in [6, 6.07) is 14.4. The fraction of sp³-hybridized carbons (Fsp3) is 0.333. The lowest BCUT2D eigenvalue weighted by Crippen LogP contribution is -2.32. The van der Waals surface area contributed by atoms with Crippen LogP contribution >= 0.6 is 0 Å². The van der Waals surface area contributed by atoms with Crippen LogP contribution in [-0.2, 0) is 6.54 Å². The van der Waals surface area contributed by atoms with Gasteiger partial charge in [0.1, 0.15) is 0 Å². The number of benzene rings is 1. The summed E-state index contributed by atoms with van der Waals surface area (Å²) in [6.45, 7) is 3.17. The predicted octanol–water partition coefficient (Wildman–Crippen LogP) is 3.33. The van der Waals surface area contributed by atoms with E-state index in [1.165, 1.54) is 24.0 Å². The summed E-state index contributed by atoms with van der Waals surface area (Å²) in [5.74, 6) is 0.662. The van der Waals surface area contributed by atoms with Crippen LogP contribution in [0.4, 0.5) is 0 Å². The minimum absolute atomic E-state index is 0.662. The molecule has 0 amide bonds. The summed E-state index contributed by atoms with van der Waals surface area (Å²) in [4.78, 5) is 6.57. The molecule has 1 aliphatic rings. The molecule has 0 saturated carbocycles. The number of hydrogen-bond donors (Lipinski definition) is 0. The molecule has 0 unspecified atom stereocenters. The second-order valence-corrected chi connectivity index (χ2v) is 5.64. The Morgan fingerprint density at radius 1 is 1.14 bits per heavy atom. The number of aromatic nitrogens is 1. The molecule has 0 aliphatic carbocycles. The van der Waals surface area contributed by atoms with Gasteiger partial charge in [0, 0.05) is 18.9 Å². The number of likely N-dealkylation sites (tertiary alicyclic amines) is 1. The number of hydrogen-bond acceptors (Lipinski definition) is 3. The molecule has 0 spiro atoms. The first-order valence-corrected chi connectivity index (χ1v) is 7.46. The van der Waals surface area contributed by atoms with Crippen LogP contribution < -0.4 is 0 Å². The van der Waals surface area contributed by atoms with Crippen molar-refractivity contribution in [3.05, 3.63) is 65.5 Å². The number of pyridine rings is 1. The quantitative estimate of drug-likeness (QED) is 0.864. The predicted molar refractivity (Wildman–Crippen MR) is 82.6 cm³/mol. The number of nitrogens with zero attached hydrogens (tertiary/aromatic N) is 3. The van der Waals surface area contributed by atoms with Crippen molar-refractivity contribution in [2.75, 3.05) is 13.1 Å². The van der Waals surface area contributed by atoms with E-state index in [-0.39, 0.29) is 0 Å². The van der Waals surface area contributed by atoms with E-state index >= 15 is 0 Å². The minimum atomic E-state index is 0.662. The van der Waals surface area contributed by atoms with Gasteiger partial charge < -0.3 is 0 Å². The van der Waals surface area contributed by atoms with Gasteiger partial charge in [0.05, 0.1) is 11.6 Å². The molecule has 0 N–H and O–H groups in total. The molecule has 1 saturated heterocycles. The lowest BCUT2D eigenvalue weighted by molar-refractivity contribution is 0.204. The van der Waals surface area contributed by atoms with Crippen LogP contribution in [0.5, 0.6) is 0 Å². The number of nitriles is 1. The van der Waals surface area contributed by atoms with E-state index in [2.05, 4.69) is 34.2 Å². The maximum atomic E-state index is 8.96. The zero-order chi connectivity index (χ0) is 14.5. The standard InChI is InChI=1S/C18H19N3/c19-13-15-2-1-3-16(12-15)14-21-10-6-18(7-11-21)17-4-8-20-9-5-17/h1-5,8-9,12,18H,6-7,10-11,14H2. The molecule has 0 radical (unpaired) electrons. The highest BCUT2D eigenvalue weighted by Crippen LogP contribution is 2.28. The van der Waals surface area contributed by atoms with Crippen molar-refractivity contribution in [1.29, 1.82) is 5.26 Å². The Bertz CT molecular complexity index is 622. The maximum absolute atomic E-state index is 8.96. The summed E-state index contributed by atoms with van der Waals surface area (Å²) < 4.78 is 0. The molecular weight excluding hydrogens is 258 g/mol. The second-order valence-electron chi connectivity index (χ2n) is 5.64. The Kier molecular flexibility index (Phi) is 4.28. The topological polar surface area (TPSA) is 39.9 Å². The van der Waals surface area contributed by atoms with Gasteiger partial charge in [0.15, 0.2) is 0 Å². The van der Waals surface area contributed by atoms with Crippen molar-refractivity contribution in [3.8, 4) is 6.07 Å². The molecule has 21 heavy (non-hydrogen) atoms. The fourth-order valence-corrected chi connectivity index (χ4v) is 3.06. The SMILES string of the molecule is N#Cc1cccc(CN2CCC(c3ccncc3)CC2)c1. The van der Waals surface area contributed by atoms with Crippen molar-refractivity contribution in [2.24, 2.45) is 0 Å². The number of piperidine rings is 1. The highest BCUT2D eigenvalue weighted by Gasteiger charge is 2.20. The van der Waals surface area contributed by atoms with Gasteiger partial charge in [-0.1, -0.05) is 12.1 Å². The summed E-state index contributed by atoms with van der Waals surface area (Å²) in [6.07, 6.45) is 6.16. The van der Waals surface area contributed by atoms with Gasteiger partial charge >= 0.3 is 0 Å². The fourth-order valence-electron chi connectivity index (χ4n) is 3.06. The maximum Gasteiger partial charge on any atom is 0.0991 e. The molecular formula is C18H19N3. The van der Waals surface area contributed by atoms with Crippen molar-refractivity contribution >= 4 is 0 Å². The molecule has 1 aromatic heterocycles. The van der Waals surface area contributed by atoms with E-state index in [0.717, 1.165) is 25.2 Å². The van der Waals surface area contributed by atoms with Gasteiger partial charge in [-0.2, -0.15) is 5.26 Å². The monoisotopic (exact) mass is 277 g/mol. The zero-order valence-corrected chi connectivity index (χ0v) is 12.1. The molecule has 0 atom stereocenters. The molecule has 3 rings (SSSR count). The van der Waals surface area contributed by atoms with Gasteiger partial charge in [-0.05, 0) is 67.2 Å². The first-order chi connectivity index (χ1) is 10.3. The average Bonchev–Trinajstić information content (AvgIpc) is 2.56. The van der Waals surface area contributed by atoms with E-state index < -0.39 is 0 Å². The van der Waals surface area contributed by atoms with Crippen molar-refractivity contribution in [2.45, 2.75) is 25.3 Å². The van der Waals surface area contributed by atoms with Crippen LogP contribution in [0.1, 0.15) is 35.4 Å². The molecule has 1 fully saturated rings. The normalized spacial score (nSPS) is 16.5. The Morgan fingerprint density at radius 2 is 1.90 bits per heavy atom. The summed E-state index contributed by atoms with van der Waals surface area (Å²) in [5, 5.41) is 8.96. The zero-order valence-electron chi connectivity index (χ0n) is 12.1. The van der Waals surface area contributed by atoms with Gasteiger partial charge in [0.2, 0.25) is 0 Å². The van der Waals surface area contributed by atoms with Gasteiger partial charge in [-0.25, -0.2) is 0 Å². The molecule has 2 aromatic rings. The second kappa shape index (κ2) is 6.51. The largest absolute Gasteiger partial charge is 0.299 e. The molecule has 3 nitrogen and oxygen atoms in total. The first-order valence-electron chi connectivity index (χ1n) is 7.46. The lowest BCUT2D eigenvalue weighted by Gasteiger charge is -2.32.